The van der Waals surface area contributed by atoms with Crippen LogP contribution in [0.2, 0.25) is 0 Å². The third kappa shape index (κ3) is 6.43. The molecule has 0 radical (unpaired) electrons. The number of nitrogens with one attached hydrogen (secondary N) is 1. The van der Waals surface area contributed by atoms with Crippen LogP contribution in [0.25, 0.3) is 5.69 Å². The maximum Gasteiger partial charge on any atom is 0.264 e. The van der Waals surface area contributed by atoms with Crippen molar-refractivity contribution in [3.63, 3.8) is 0 Å². The summed E-state index contributed by atoms with van der Waals surface area (Å²) in [5.41, 5.74) is 8.98. The van der Waals surface area contributed by atoms with Crippen molar-refractivity contribution in [1.82, 2.24) is 9.99 Å². The van der Waals surface area contributed by atoms with E-state index in [-0.39, 0.29) is 4.90 Å². The molecular formula is C30H32N4O3S2. The Bertz CT molecular complexity index is 1590. The van der Waals surface area contributed by atoms with Gasteiger partial charge < -0.3 is 4.57 Å². The van der Waals surface area contributed by atoms with Crippen molar-refractivity contribution in [3.05, 3.63) is 107 Å². The normalized spacial score (nSPS) is 11.6. The Morgan fingerprint density at radius 1 is 0.923 bits per heavy atom. The highest BCUT2D eigenvalue weighted by Gasteiger charge is 2.27. The summed E-state index contributed by atoms with van der Waals surface area (Å²) in [4.78, 5) is 14.0. The number of benzene rings is 3. The molecule has 0 unspecified atom stereocenters. The fourth-order valence-electron chi connectivity index (χ4n) is 4.25. The van der Waals surface area contributed by atoms with Gasteiger partial charge in [-0.25, -0.2) is 13.8 Å². The van der Waals surface area contributed by atoms with E-state index in [9.17, 15) is 13.2 Å². The Morgan fingerprint density at radius 3 is 2.10 bits per heavy atom. The van der Waals surface area contributed by atoms with Crippen molar-refractivity contribution in [2.75, 3.05) is 17.1 Å². The summed E-state index contributed by atoms with van der Waals surface area (Å²) in [6.45, 7) is 7.55. The number of aromatic nitrogens is 1. The van der Waals surface area contributed by atoms with Gasteiger partial charge in [-0.15, -0.1) is 11.8 Å². The lowest BCUT2D eigenvalue weighted by molar-refractivity contribution is -0.119. The van der Waals surface area contributed by atoms with E-state index in [1.54, 1.807) is 42.6 Å². The fraction of sp³-hybridized carbons (Fsp3) is 0.200. The number of hydrazone groups is 1. The van der Waals surface area contributed by atoms with Crippen LogP contribution in [0.1, 0.15) is 28.1 Å². The first kappa shape index (κ1) is 28.2. The molecule has 4 aromatic rings. The molecule has 9 heteroatoms. The van der Waals surface area contributed by atoms with E-state index in [0.717, 1.165) is 37.4 Å². The van der Waals surface area contributed by atoms with Crippen molar-refractivity contribution in [3.8, 4) is 5.69 Å². The second-order valence-electron chi connectivity index (χ2n) is 9.31. The highest BCUT2D eigenvalue weighted by atomic mass is 32.2. The van der Waals surface area contributed by atoms with Gasteiger partial charge in [-0.1, -0.05) is 35.4 Å². The summed E-state index contributed by atoms with van der Waals surface area (Å²) >= 11 is 1.52. The average molecular weight is 561 g/mol. The van der Waals surface area contributed by atoms with E-state index in [2.05, 4.69) is 39.4 Å². The van der Waals surface area contributed by atoms with Gasteiger partial charge in [-0.2, -0.15) is 5.10 Å². The summed E-state index contributed by atoms with van der Waals surface area (Å²) in [5.74, 6) is -0.552. The van der Waals surface area contributed by atoms with Crippen LogP contribution in [0.4, 0.5) is 5.69 Å². The molecule has 0 aliphatic rings. The van der Waals surface area contributed by atoms with Gasteiger partial charge in [0.05, 0.1) is 16.8 Å². The van der Waals surface area contributed by atoms with Crippen LogP contribution in [0.3, 0.4) is 0 Å². The molecule has 0 spiro atoms. The van der Waals surface area contributed by atoms with Crippen LogP contribution in [0.5, 0.6) is 0 Å². The number of hydrogen-bond acceptors (Lipinski definition) is 5. The Hall–Kier alpha value is -3.82. The molecule has 1 heterocycles. The minimum atomic E-state index is -4.00. The number of hydrogen-bond donors (Lipinski definition) is 1. The highest BCUT2D eigenvalue weighted by Crippen LogP contribution is 2.26. The van der Waals surface area contributed by atoms with E-state index in [1.807, 2.05) is 52.1 Å². The maximum atomic E-state index is 13.6. The lowest BCUT2D eigenvalue weighted by Gasteiger charge is -2.24. The molecule has 0 bridgehead atoms. The van der Waals surface area contributed by atoms with Crippen LogP contribution in [0, 0.1) is 27.7 Å². The van der Waals surface area contributed by atoms with Gasteiger partial charge in [0.1, 0.15) is 6.54 Å². The molecule has 0 aliphatic carbocycles. The van der Waals surface area contributed by atoms with E-state index in [4.69, 9.17) is 0 Å². The van der Waals surface area contributed by atoms with Crippen molar-refractivity contribution in [2.45, 2.75) is 37.5 Å². The molecule has 1 amide bonds. The number of anilines is 1. The Morgan fingerprint density at radius 2 is 1.51 bits per heavy atom. The molecule has 4 rings (SSSR count). The van der Waals surface area contributed by atoms with Crippen LogP contribution in [0.15, 0.2) is 93.8 Å². The monoisotopic (exact) mass is 560 g/mol. The lowest BCUT2D eigenvalue weighted by atomic mass is 10.2. The van der Waals surface area contributed by atoms with Crippen LogP contribution < -0.4 is 9.73 Å². The predicted molar refractivity (Wildman–Crippen MR) is 160 cm³/mol. The second kappa shape index (κ2) is 11.9. The molecular weight excluding hydrogens is 528 g/mol. The summed E-state index contributed by atoms with van der Waals surface area (Å²) in [6, 6.07) is 23.9. The maximum absolute atomic E-state index is 13.6. The number of nitrogens with zero attached hydrogens (tertiary/aromatic N) is 3. The van der Waals surface area contributed by atoms with E-state index < -0.39 is 22.5 Å². The quantitative estimate of drug-likeness (QED) is 0.160. The number of carbonyl (C=O) groups excluding carboxylic acids is 1. The lowest BCUT2D eigenvalue weighted by Crippen LogP contribution is -2.39. The number of sulfonamides is 1. The SMILES string of the molecule is CSc1ccc(S(=O)(=O)N(CC(=O)N/N=C\c2cc(C)n(-c3ccc(C)cc3)c2C)c2ccc(C)cc2)cc1. The Kier molecular flexibility index (Phi) is 8.62. The smallest absolute Gasteiger partial charge is 0.264 e. The van der Waals surface area contributed by atoms with Gasteiger partial charge in [-0.05, 0) is 88.5 Å². The highest BCUT2D eigenvalue weighted by molar-refractivity contribution is 7.98. The molecule has 0 atom stereocenters. The van der Waals surface area contributed by atoms with Gasteiger partial charge in [0, 0.05) is 27.5 Å². The first-order chi connectivity index (χ1) is 18.6. The Labute approximate surface area is 234 Å². The zero-order chi connectivity index (χ0) is 28.2. The number of amides is 1. The zero-order valence-corrected chi connectivity index (χ0v) is 24.3. The Balaban J connectivity index is 1.54. The molecule has 7 nitrogen and oxygen atoms in total. The van der Waals surface area contributed by atoms with Crippen molar-refractivity contribution in [1.29, 1.82) is 0 Å². The largest absolute Gasteiger partial charge is 0.318 e. The van der Waals surface area contributed by atoms with Gasteiger partial charge in [0.15, 0.2) is 0 Å². The number of thioether (sulfide) groups is 1. The van der Waals surface area contributed by atoms with Crippen molar-refractivity contribution >= 4 is 39.6 Å². The van der Waals surface area contributed by atoms with Crippen molar-refractivity contribution < 1.29 is 13.2 Å². The summed E-state index contributed by atoms with van der Waals surface area (Å²) in [6.07, 6.45) is 3.50. The minimum Gasteiger partial charge on any atom is -0.318 e. The molecule has 3 aromatic carbocycles. The molecule has 0 saturated carbocycles. The van der Waals surface area contributed by atoms with Gasteiger partial charge >= 0.3 is 0 Å². The number of carbonyl (C=O) groups is 1. The van der Waals surface area contributed by atoms with Crippen molar-refractivity contribution in [2.24, 2.45) is 5.10 Å². The fourth-order valence-corrected chi connectivity index (χ4v) is 6.08. The molecule has 0 saturated heterocycles. The van der Waals surface area contributed by atoms with Crippen LogP contribution in [-0.2, 0) is 14.8 Å². The summed E-state index contributed by atoms with van der Waals surface area (Å²) < 4.78 is 30.4. The second-order valence-corrected chi connectivity index (χ2v) is 12.1. The summed E-state index contributed by atoms with van der Waals surface area (Å²) in [5, 5.41) is 4.14. The van der Waals surface area contributed by atoms with Crippen LogP contribution >= 0.6 is 11.8 Å². The third-order valence-corrected chi connectivity index (χ3v) is 8.94. The van der Waals surface area contributed by atoms with E-state index in [1.165, 1.54) is 17.3 Å². The first-order valence-corrected chi connectivity index (χ1v) is 15.1. The average Bonchev–Trinajstić information content (AvgIpc) is 3.21. The number of aryl methyl sites for hydroxylation is 3. The molecule has 202 valence electrons. The molecule has 1 aromatic heterocycles. The molecule has 0 aliphatic heterocycles. The van der Waals surface area contributed by atoms with Gasteiger partial charge in [0.25, 0.3) is 15.9 Å². The van der Waals surface area contributed by atoms with Gasteiger partial charge in [0.2, 0.25) is 0 Å². The predicted octanol–water partition coefficient (Wildman–Crippen LogP) is 5.78. The zero-order valence-electron chi connectivity index (χ0n) is 22.7. The number of rotatable bonds is 9. The minimum absolute atomic E-state index is 0.112. The molecule has 0 fully saturated rings. The standard InChI is InChI=1S/C30H32N4O3S2/c1-21-6-10-26(11-7-21)33(39(36,37)29-16-14-28(38-5)15-17-29)20-30(35)32-31-19-25-18-23(3)34(24(25)4)27-12-8-22(2)9-13-27/h6-19H,20H2,1-5H3,(H,32,35)/b31-19-. The van der Waals surface area contributed by atoms with E-state index in [0.29, 0.717) is 5.69 Å². The first-order valence-electron chi connectivity index (χ1n) is 12.4. The van der Waals surface area contributed by atoms with E-state index >= 15 is 0 Å². The summed E-state index contributed by atoms with van der Waals surface area (Å²) in [7, 11) is -4.00. The third-order valence-electron chi connectivity index (χ3n) is 6.41. The molecule has 39 heavy (non-hydrogen) atoms. The topological polar surface area (TPSA) is 83.8 Å². The van der Waals surface area contributed by atoms with Gasteiger partial charge in [-0.3, -0.25) is 9.10 Å². The molecule has 1 N–H and O–H groups in total. The van der Waals surface area contributed by atoms with Crippen LogP contribution in [-0.4, -0.2) is 37.9 Å².